The van der Waals surface area contributed by atoms with Crippen LogP contribution in [0.25, 0.3) is 0 Å². The number of thioether (sulfide) groups is 1. The fourth-order valence-corrected chi connectivity index (χ4v) is 2.84. The molecule has 1 amide bonds. The van der Waals surface area contributed by atoms with Crippen molar-refractivity contribution in [1.29, 1.82) is 0 Å². The minimum atomic E-state index is -0.0746. The van der Waals surface area contributed by atoms with Crippen LogP contribution in [-0.4, -0.2) is 18.0 Å². The average molecular weight is 320 g/mol. The molecule has 0 saturated carbocycles. The van der Waals surface area contributed by atoms with E-state index in [1.165, 1.54) is 5.56 Å². The van der Waals surface area contributed by atoms with Gasteiger partial charge in [0.2, 0.25) is 0 Å². The lowest BCUT2D eigenvalue weighted by atomic mass is 10.1. The maximum atomic E-state index is 12.4. The number of amides is 1. The quantitative estimate of drug-likeness (QED) is 0.610. The summed E-state index contributed by atoms with van der Waals surface area (Å²) in [6.45, 7) is 0. The lowest BCUT2D eigenvalue weighted by molar-refractivity contribution is 0.102. The molecule has 0 aromatic heterocycles. The topological polar surface area (TPSA) is 29.1 Å². The molecule has 0 unspecified atom stereocenters. The zero-order chi connectivity index (χ0) is 15.1. The van der Waals surface area contributed by atoms with Crippen LogP contribution >= 0.6 is 23.4 Å². The summed E-state index contributed by atoms with van der Waals surface area (Å²) in [4.78, 5) is 13.4. The smallest absolute Gasteiger partial charge is 0.256 e. The van der Waals surface area contributed by atoms with Crippen LogP contribution < -0.4 is 5.32 Å². The second-order valence-electron chi connectivity index (χ2n) is 4.65. The first-order valence-electron chi connectivity index (χ1n) is 6.84. The van der Waals surface area contributed by atoms with Gasteiger partial charge in [-0.25, -0.2) is 0 Å². The van der Waals surface area contributed by atoms with Crippen LogP contribution in [0.1, 0.15) is 22.3 Å². The van der Waals surface area contributed by atoms with E-state index in [-0.39, 0.29) is 5.91 Å². The Kier molecular flexibility index (Phi) is 6.15. The Morgan fingerprint density at radius 1 is 1.19 bits per heavy atom. The van der Waals surface area contributed by atoms with Gasteiger partial charge in [0.25, 0.3) is 5.91 Å². The molecule has 0 radical (unpaired) electrons. The summed E-state index contributed by atoms with van der Waals surface area (Å²) >= 11 is 7.29. The third-order valence-corrected chi connectivity index (χ3v) is 4.20. The third-order valence-electron chi connectivity index (χ3n) is 3.14. The van der Waals surface area contributed by atoms with Gasteiger partial charge in [-0.1, -0.05) is 24.3 Å². The number of nitrogens with one attached hydrogen (secondary N) is 1. The summed E-state index contributed by atoms with van der Waals surface area (Å²) in [5, 5.41) is 2.96. The fraction of sp³-hybridized carbons (Fsp3) is 0.235. The van der Waals surface area contributed by atoms with Crippen molar-refractivity contribution in [2.24, 2.45) is 0 Å². The Balaban J connectivity index is 2.12. The van der Waals surface area contributed by atoms with Crippen molar-refractivity contribution in [3.8, 4) is 0 Å². The predicted molar refractivity (Wildman–Crippen MR) is 91.7 cm³/mol. The number of benzene rings is 2. The molecule has 2 aromatic carbocycles. The van der Waals surface area contributed by atoms with Crippen molar-refractivity contribution in [1.82, 2.24) is 0 Å². The standard InChI is InChI=1S/C17H18ClNOS/c1-21-16-10-3-2-9-15(16)17(20)19-14-8-4-6-13(12-14)7-5-11-18/h2-4,6,8-10,12H,5,7,11H2,1H3,(H,19,20). The average Bonchev–Trinajstić information content (AvgIpc) is 2.53. The minimum Gasteiger partial charge on any atom is -0.322 e. The molecule has 21 heavy (non-hydrogen) atoms. The number of anilines is 1. The van der Waals surface area contributed by atoms with Crippen LogP contribution in [0.3, 0.4) is 0 Å². The first-order chi connectivity index (χ1) is 10.2. The largest absolute Gasteiger partial charge is 0.322 e. The molecule has 110 valence electrons. The number of carbonyl (C=O) groups excluding carboxylic acids is 1. The molecule has 0 aliphatic rings. The second kappa shape index (κ2) is 8.11. The minimum absolute atomic E-state index is 0.0746. The molecule has 0 fully saturated rings. The number of carbonyl (C=O) groups is 1. The molecule has 0 aliphatic carbocycles. The molecule has 0 saturated heterocycles. The molecule has 0 aliphatic heterocycles. The number of rotatable bonds is 6. The molecule has 4 heteroatoms. The van der Waals surface area contributed by atoms with E-state index in [0.717, 1.165) is 23.4 Å². The fourth-order valence-electron chi connectivity index (χ4n) is 2.11. The summed E-state index contributed by atoms with van der Waals surface area (Å²) in [6, 6.07) is 15.5. The molecule has 2 nitrogen and oxygen atoms in total. The molecule has 0 bridgehead atoms. The highest BCUT2D eigenvalue weighted by Crippen LogP contribution is 2.21. The van der Waals surface area contributed by atoms with E-state index in [1.807, 2.05) is 48.7 Å². The van der Waals surface area contributed by atoms with Gasteiger partial charge in [-0.15, -0.1) is 23.4 Å². The van der Waals surface area contributed by atoms with Crippen molar-refractivity contribution in [2.45, 2.75) is 17.7 Å². The van der Waals surface area contributed by atoms with Crippen LogP contribution in [0.5, 0.6) is 0 Å². The Bertz CT molecular complexity index is 615. The SMILES string of the molecule is CSc1ccccc1C(=O)Nc1cccc(CCCCl)c1. The van der Waals surface area contributed by atoms with Crippen molar-refractivity contribution in [3.63, 3.8) is 0 Å². The molecule has 1 N–H and O–H groups in total. The first kappa shape index (κ1) is 15.9. The predicted octanol–water partition coefficient (Wildman–Crippen LogP) is 4.83. The molecular weight excluding hydrogens is 302 g/mol. The van der Waals surface area contributed by atoms with Crippen molar-refractivity contribution in [2.75, 3.05) is 17.5 Å². The van der Waals surface area contributed by atoms with Crippen LogP contribution in [0.2, 0.25) is 0 Å². The zero-order valence-corrected chi connectivity index (χ0v) is 13.5. The number of aryl methyl sites for hydroxylation is 1. The molecule has 2 rings (SSSR count). The van der Waals surface area contributed by atoms with Crippen LogP contribution in [-0.2, 0) is 6.42 Å². The summed E-state index contributed by atoms with van der Waals surface area (Å²) in [7, 11) is 0. The molecule has 0 atom stereocenters. The second-order valence-corrected chi connectivity index (χ2v) is 5.87. The van der Waals surface area contributed by atoms with Crippen molar-refractivity contribution < 1.29 is 4.79 Å². The van der Waals surface area contributed by atoms with E-state index >= 15 is 0 Å². The number of hydrogen-bond acceptors (Lipinski definition) is 2. The van der Waals surface area contributed by atoms with Gasteiger partial charge in [0, 0.05) is 16.5 Å². The van der Waals surface area contributed by atoms with Gasteiger partial charge in [0.05, 0.1) is 5.56 Å². The summed E-state index contributed by atoms with van der Waals surface area (Å²) < 4.78 is 0. The summed E-state index contributed by atoms with van der Waals surface area (Å²) in [6.07, 6.45) is 3.84. The van der Waals surface area contributed by atoms with E-state index in [4.69, 9.17) is 11.6 Å². The van der Waals surface area contributed by atoms with Gasteiger partial charge in [-0.3, -0.25) is 4.79 Å². The summed E-state index contributed by atoms with van der Waals surface area (Å²) in [5.74, 6) is 0.576. The lowest BCUT2D eigenvalue weighted by Crippen LogP contribution is -2.13. The normalized spacial score (nSPS) is 10.4. The van der Waals surface area contributed by atoms with E-state index in [0.29, 0.717) is 11.4 Å². The Hall–Kier alpha value is -1.45. The van der Waals surface area contributed by atoms with E-state index in [1.54, 1.807) is 11.8 Å². The van der Waals surface area contributed by atoms with Gasteiger partial charge in [-0.05, 0) is 48.9 Å². The van der Waals surface area contributed by atoms with Crippen LogP contribution in [0.4, 0.5) is 5.69 Å². The zero-order valence-electron chi connectivity index (χ0n) is 11.9. The van der Waals surface area contributed by atoms with E-state index in [2.05, 4.69) is 11.4 Å². The highest BCUT2D eigenvalue weighted by atomic mass is 35.5. The Labute approximate surface area is 134 Å². The maximum absolute atomic E-state index is 12.4. The van der Waals surface area contributed by atoms with Gasteiger partial charge < -0.3 is 5.32 Å². The van der Waals surface area contributed by atoms with Crippen molar-refractivity contribution >= 4 is 35.0 Å². The molecule has 0 spiro atoms. The number of halogens is 1. The number of hydrogen-bond donors (Lipinski definition) is 1. The summed E-state index contributed by atoms with van der Waals surface area (Å²) in [5.41, 5.74) is 2.71. The molecule has 2 aromatic rings. The van der Waals surface area contributed by atoms with E-state index in [9.17, 15) is 4.79 Å². The monoisotopic (exact) mass is 319 g/mol. The van der Waals surface area contributed by atoms with Crippen molar-refractivity contribution in [3.05, 3.63) is 59.7 Å². The first-order valence-corrected chi connectivity index (χ1v) is 8.60. The highest BCUT2D eigenvalue weighted by Gasteiger charge is 2.10. The molecule has 0 heterocycles. The number of alkyl halides is 1. The van der Waals surface area contributed by atoms with Gasteiger partial charge >= 0.3 is 0 Å². The highest BCUT2D eigenvalue weighted by molar-refractivity contribution is 7.98. The Morgan fingerprint density at radius 3 is 2.76 bits per heavy atom. The van der Waals surface area contributed by atoms with E-state index < -0.39 is 0 Å². The van der Waals surface area contributed by atoms with Gasteiger partial charge in [-0.2, -0.15) is 0 Å². The van der Waals surface area contributed by atoms with Crippen LogP contribution in [0.15, 0.2) is 53.4 Å². The van der Waals surface area contributed by atoms with Gasteiger partial charge in [0.15, 0.2) is 0 Å². The van der Waals surface area contributed by atoms with Crippen LogP contribution in [0, 0.1) is 0 Å². The maximum Gasteiger partial charge on any atom is 0.256 e. The third kappa shape index (κ3) is 4.51. The Morgan fingerprint density at radius 2 is 2.00 bits per heavy atom. The van der Waals surface area contributed by atoms with Gasteiger partial charge in [0.1, 0.15) is 0 Å². The molecular formula is C17H18ClNOS. The lowest BCUT2D eigenvalue weighted by Gasteiger charge is -2.09.